The number of hydrogen-bond acceptors (Lipinski definition) is 6. The van der Waals surface area contributed by atoms with Crippen molar-refractivity contribution >= 4 is 11.6 Å². The van der Waals surface area contributed by atoms with E-state index >= 15 is 0 Å². The quantitative estimate of drug-likeness (QED) is 0.858. The van der Waals surface area contributed by atoms with Crippen molar-refractivity contribution in [3.63, 3.8) is 0 Å². The molecule has 1 aromatic heterocycles. The molecule has 2 aliphatic heterocycles. The average molecular weight is 382 g/mol. The smallest absolute Gasteiger partial charge is 0.406 e. The number of nitrogens with zero attached hydrogens (tertiary/aromatic N) is 1. The highest BCUT2D eigenvalue weighted by Crippen LogP contribution is 2.42. The maximum absolute atomic E-state index is 12.5. The van der Waals surface area contributed by atoms with Crippen LogP contribution in [0.25, 0.3) is 0 Å². The lowest BCUT2D eigenvalue weighted by Gasteiger charge is -2.31. The number of aromatic nitrogens is 1. The van der Waals surface area contributed by atoms with Crippen molar-refractivity contribution in [3.8, 4) is 5.75 Å². The van der Waals surface area contributed by atoms with Gasteiger partial charge in [0.2, 0.25) is 0 Å². The Hall–Kier alpha value is -3.01. The summed E-state index contributed by atoms with van der Waals surface area (Å²) in [5.74, 6) is -1.10. The molecule has 0 spiro atoms. The lowest BCUT2D eigenvalue weighted by Crippen LogP contribution is -2.34. The standard InChI is InChI=1S/C17H13F3N2O5/c1-22-15-14(16(24)27-22)12(13-10(21-15)6-25-7-11(13)23)8-2-4-9(5-3-8)26-17(18,19)20/h2-5,12,21H,6-7H2,1H3. The minimum Gasteiger partial charge on any atom is -0.406 e. The summed E-state index contributed by atoms with van der Waals surface area (Å²) >= 11 is 0. The van der Waals surface area contributed by atoms with Crippen molar-refractivity contribution in [2.45, 2.75) is 12.3 Å². The van der Waals surface area contributed by atoms with Gasteiger partial charge < -0.3 is 19.3 Å². The molecule has 1 N–H and O–H groups in total. The van der Waals surface area contributed by atoms with Gasteiger partial charge in [-0.15, -0.1) is 13.2 Å². The number of benzene rings is 1. The van der Waals surface area contributed by atoms with Crippen LogP contribution >= 0.6 is 0 Å². The summed E-state index contributed by atoms with van der Waals surface area (Å²) in [6, 6.07) is 5.06. The molecular weight excluding hydrogens is 369 g/mol. The van der Waals surface area contributed by atoms with Crippen LogP contribution in [-0.4, -0.2) is 30.1 Å². The largest absolute Gasteiger partial charge is 0.573 e. The Morgan fingerprint density at radius 1 is 1.19 bits per heavy atom. The predicted octanol–water partition coefficient (Wildman–Crippen LogP) is 2.29. The number of nitrogens with one attached hydrogen (secondary N) is 1. The topological polar surface area (TPSA) is 82.7 Å². The van der Waals surface area contributed by atoms with E-state index < -0.39 is 23.7 Å². The first kappa shape index (κ1) is 17.4. The van der Waals surface area contributed by atoms with Crippen molar-refractivity contribution in [3.05, 3.63) is 57.1 Å². The average Bonchev–Trinajstić information content (AvgIpc) is 2.87. The molecule has 4 rings (SSSR count). The van der Waals surface area contributed by atoms with Crippen LogP contribution in [0.4, 0.5) is 19.0 Å². The van der Waals surface area contributed by atoms with E-state index in [9.17, 15) is 22.8 Å². The SMILES string of the molecule is Cn1oc(=O)c2c1NC1=C(C(=O)COC1)C2c1ccc(OC(F)(F)F)cc1. The summed E-state index contributed by atoms with van der Waals surface area (Å²) in [5, 5.41) is 2.99. The number of ketones is 1. The molecule has 0 bridgehead atoms. The molecule has 1 aromatic carbocycles. The highest BCUT2D eigenvalue weighted by Gasteiger charge is 2.40. The van der Waals surface area contributed by atoms with Crippen molar-refractivity contribution in [2.75, 3.05) is 18.5 Å². The van der Waals surface area contributed by atoms with E-state index in [1.54, 1.807) is 0 Å². The third-order valence-electron chi connectivity index (χ3n) is 4.41. The number of Topliss-reactive ketones (excluding diaryl/α,β-unsaturated/α-hetero) is 1. The molecule has 0 saturated heterocycles. The lowest BCUT2D eigenvalue weighted by atomic mass is 9.80. The fourth-order valence-corrected chi connectivity index (χ4v) is 3.38. The Bertz CT molecular complexity index is 1000. The predicted molar refractivity (Wildman–Crippen MR) is 85.4 cm³/mol. The van der Waals surface area contributed by atoms with Crippen molar-refractivity contribution < 1.29 is 32.0 Å². The summed E-state index contributed by atoms with van der Waals surface area (Å²) in [6.07, 6.45) is -4.81. The van der Waals surface area contributed by atoms with Crippen LogP contribution in [0.1, 0.15) is 17.0 Å². The van der Waals surface area contributed by atoms with Gasteiger partial charge >= 0.3 is 12.0 Å². The molecule has 1 unspecified atom stereocenters. The van der Waals surface area contributed by atoms with Crippen molar-refractivity contribution in [2.24, 2.45) is 7.05 Å². The van der Waals surface area contributed by atoms with Crippen LogP contribution in [0.2, 0.25) is 0 Å². The third kappa shape index (κ3) is 3.01. The van der Waals surface area contributed by atoms with Gasteiger partial charge in [-0.1, -0.05) is 12.1 Å². The van der Waals surface area contributed by atoms with Crippen LogP contribution in [0.15, 0.2) is 44.9 Å². The fraction of sp³-hybridized carbons (Fsp3) is 0.294. The zero-order chi connectivity index (χ0) is 19.3. The van der Waals surface area contributed by atoms with E-state index in [0.29, 0.717) is 22.7 Å². The van der Waals surface area contributed by atoms with E-state index in [1.165, 1.54) is 23.9 Å². The van der Waals surface area contributed by atoms with Gasteiger partial charge in [-0.05, 0) is 17.7 Å². The number of ether oxygens (including phenoxy) is 2. The molecule has 0 radical (unpaired) electrons. The molecule has 0 saturated carbocycles. The first-order valence-electron chi connectivity index (χ1n) is 7.91. The molecule has 7 nitrogen and oxygen atoms in total. The van der Waals surface area contributed by atoms with E-state index in [2.05, 4.69) is 10.1 Å². The second kappa shape index (κ2) is 6.02. The van der Waals surface area contributed by atoms with Gasteiger partial charge in [0.15, 0.2) is 11.6 Å². The van der Waals surface area contributed by atoms with E-state index in [4.69, 9.17) is 9.26 Å². The van der Waals surface area contributed by atoms with Gasteiger partial charge in [0, 0.05) is 12.6 Å². The molecular formula is C17H13F3N2O5. The molecule has 3 heterocycles. The summed E-state index contributed by atoms with van der Waals surface area (Å²) in [7, 11) is 1.53. The third-order valence-corrected chi connectivity index (χ3v) is 4.41. The van der Waals surface area contributed by atoms with Crippen LogP contribution < -0.4 is 15.7 Å². The van der Waals surface area contributed by atoms with Crippen molar-refractivity contribution in [1.29, 1.82) is 0 Å². The summed E-state index contributed by atoms with van der Waals surface area (Å²) in [4.78, 5) is 24.8. The van der Waals surface area contributed by atoms with E-state index in [-0.39, 0.29) is 24.6 Å². The summed E-state index contributed by atoms with van der Waals surface area (Å²) in [6.45, 7) is 0.00539. The first-order valence-corrected chi connectivity index (χ1v) is 7.91. The van der Waals surface area contributed by atoms with Crippen LogP contribution in [0.5, 0.6) is 5.75 Å². The molecule has 2 aromatic rings. The Balaban J connectivity index is 1.83. The second-order valence-electron chi connectivity index (χ2n) is 6.12. The monoisotopic (exact) mass is 382 g/mol. The second-order valence-corrected chi connectivity index (χ2v) is 6.12. The molecule has 1 atom stereocenters. The van der Waals surface area contributed by atoms with Gasteiger partial charge in [0.25, 0.3) is 0 Å². The summed E-state index contributed by atoms with van der Waals surface area (Å²) < 4.78 is 52.6. The molecule has 27 heavy (non-hydrogen) atoms. The number of rotatable bonds is 2. The van der Waals surface area contributed by atoms with E-state index in [0.717, 1.165) is 12.1 Å². The normalized spacial score (nSPS) is 19.4. The zero-order valence-electron chi connectivity index (χ0n) is 13.9. The number of carbonyl (C=O) groups excluding carboxylic acids is 1. The molecule has 0 amide bonds. The van der Waals surface area contributed by atoms with Crippen molar-refractivity contribution in [1.82, 2.24) is 4.74 Å². The Kier molecular flexibility index (Phi) is 3.88. The Morgan fingerprint density at radius 2 is 1.89 bits per heavy atom. The minimum atomic E-state index is -4.81. The number of carbonyl (C=O) groups is 1. The maximum atomic E-state index is 12.5. The van der Waals surface area contributed by atoms with Gasteiger partial charge in [-0.3, -0.25) is 4.79 Å². The number of hydrogen-bond donors (Lipinski definition) is 1. The zero-order valence-corrected chi connectivity index (χ0v) is 13.9. The molecule has 10 heteroatoms. The number of alkyl halides is 3. The van der Waals surface area contributed by atoms with Gasteiger partial charge in [0.1, 0.15) is 12.4 Å². The minimum absolute atomic E-state index is 0.139. The molecule has 0 aliphatic carbocycles. The summed E-state index contributed by atoms with van der Waals surface area (Å²) in [5.41, 5.74) is 0.892. The van der Waals surface area contributed by atoms with Crippen LogP contribution in [0, 0.1) is 0 Å². The van der Waals surface area contributed by atoms with Gasteiger partial charge in [-0.25, -0.2) is 4.79 Å². The lowest BCUT2D eigenvalue weighted by molar-refractivity contribution is -0.274. The highest BCUT2D eigenvalue weighted by atomic mass is 19.4. The fourth-order valence-electron chi connectivity index (χ4n) is 3.38. The van der Waals surface area contributed by atoms with E-state index in [1.807, 2.05) is 0 Å². The molecule has 2 aliphatic rings. The molecule has 0 fully saturated rings. The van der Waals surface area contributed by atoms with Gasteiger partial charge in [0.05, 0.1) is 23.8 Å². The van der Waals surface area contributed by atoms with Gasteiger partial charge in [-0.2, -0.15) is 4.74 Å². The highest BCUT2D eigenvalue weighted by molar-refractivity contribution is 6.01. The Morgan fingerprint density at radius 3 is 2.56 bits per heavy atom. The number of aryl methyl sites for hydroxylation is 1. The first-order chi connectivity index (χ1) is 12.7. The number of halogens is 3. The van der Waals surface area contributed by atoms with Crippen LogP contribution in [-0.2, 0) is 16.6 Å². The molecule has 142 valence electrons. The maximum Gasteiger partial charge on any atom is 0.573 e. The number of fused-ring (bicyclic) bond motifs is 1. The van der Waals surface area contributed by atoms with Crippen LogP contribution in [0.3, 0.4) is 0 Å². The Labute approximate surface area is 149 Å². The number of anilines is 1.